The summed E-state index contributed by atoms with van der Waals surface area (Å²) in [6, 6.07) is 5.46. The molecule has 1 nitrogen and oxygen atoms in total. The summed E-state index contributed by atoms with van der Waals surface area (Å²) in [7, 11) is 0. The first-order valence-electron chi connectivity index (χ1n) is 4.09. The Bertz CT molecular complexity index is 350. The summed E-state index contributed by atoms with van der Waals surface area (Å²) in [6.07, 6.45) is 0. The lowest BCUT2D eigenvalue weighted by atomic mass is 10.1. The molecule has 1 aromatic rings. The molecule has 1 unspecified atom stereocenters. The molecular weight excluding hydrogens is 331 g/mol. The van der Waals surface area contributed by atoms with E-state index in [9.17, 15) is 4.79 Å². The van der Waals surface area contributed by atoms with Crippen LogP contribution < -0.4 is 0 Å². The number of carbonyl (C=O) groups excluding carboxylic acids is 1. The molecule has 0 aliphatic carbocycles. The summed E-state index contributed by atoms with van der Waals surface area (Å²) in [5.41, 5.74) is 1.62. The van der Waals surface area contributed by atoms with Crippen LogP contribution in [0.2, 0.25) is 5.02 Å². The van der Waals surface area contributed by atoms with E-state index < -0.39 is 0 Å². The lowest BCUT2D eigenvalue weighted by molar-refractivity contribution is 0.0996. The Labute approximate surface area is 105 Å². The number of halogens is 3. The third kappa shape index (κ3) is 2.81. The number of ketones is 1. The summed E-state index contributed by atoms with van der Waals surface area (Å²) in [5.74, 6) is 0.0119. The van der Waals surface area contributed by atoms with Crippen molar-refractivity contribution >= 4 is 49.2 Å². The highest BCUT2D eigenvalue weighted by Gasteiger charge is 2.15. The number of hydrogen-bond donors (Lipinski definition) is 0. The molecule has 0 aliphatic rings. The molecule has 1 rings (SSSR count). The van der Waals surface area contributed by atoms with E-state index in [0.717, 1.165) is 10.9 Å². The van der Waals surface area contributed by atoms with Crippen LogP contribution >= 0.6 is 43.5 Å². The first-order chi connectivity index (χ1) is 6.56. The Kier molecular flexibility index (Phi) is 4.61. The van der Waals surface area contributed by atoms with Crippen LogP contribution in [-0.4, -0.2) is 10.6 Å². The molecule has 0 aliphatic heterocycles. The number of rotatable bonds is 3. The summed E-state index contributed by atoms with van der Waals surface area (Å²) in [4.78, 5) is 11.5. The summed E-state index contributed by atoms with van der Waals surface area (Å²) in [5, 5.41) is 1.23. The van der Waals surface area contributed by atoms with Gasteiger partial charge in [0.05, 0.1) is 9.85 Å². The van der Waals surface area contributed by atoms with Crippen molar-refractivity contribution in [2.75, 3.05) is 0 Å². The molecule has 14 heavy (non-hydrogen) atoms. The molecule has 1 atom stereocenters. The van der Waals surface area contributed by atoms with Crippen LogP contribution in [0.4, 0.5) is 0 Å². The Morgan fingerprint density at radius 1 is 1.57 bits per heavy atom. The average molecular weight is 340 g/mol. The molecule has 0 heterocycles. The number of hydrogen-bond acceptors (Lipinski definition) is 1. The van der Waals surface area contributed by atoms with Gasteiger partial charge in [0.2, 0.25) is 0 Å². The Morgan fingerprint density at radius 3 is 2.71 bits per heavy atom. The zero-order valence-electron chi connectivity index (χ0n) is 7.56. The minimum absolute atomic E-state index is 0.0119. The molecule has 76 valence electrons. The molecule has 1 aromatic carbocycles. The van der Waals surface area contributed by atoms with E-state index in [1.165, 1.54) is 0 Å². The number of benzene rings is 1. The fourth-order valence-electron chi connectivity index (χ4n) is 1.06. The van der Waals surface area contributed by atoms with Gasteiger partial charge in [-0.25, -0.2) is 0 Å². The number of alkyl halides is 2. The van der Waals surface area contributed by atoms with E-state index in [0.29, 0.717) is 10.6 Å². The molecule has 0 radical (unpaired) electrons. The van der Waals surface area contributed by atoms with Gasteiger partial charge in [-0.15, -0.1) is 0 Å². The van der Waals surface area contributed by atoms with E-state index in [4.69, 9.17) is 11.6 Å². The maximum atomic E-state index is 11.7. The largest absolute Gasteiger partial charge is 0.293 e. The molecule has 0 spiro atoms. The minimum Gasteiger partial charge on any atom is -0.293 e. The topological polar surface area (TPSA) is 17.1 Å². The van der Waals surface area contributed by atoms with Crippen molar-refractivity contribution in [2.24, 2.45) is 0 Å². The third-order valence-electron chi connectivity index (χ3n) is 1.81. The summed E-state index contributed by atoms with van der Waals surface area (Å²) < 4.78 is 0. The Hall–Kier alpha value is 0.140. The zero-order chi connectivity index (χ0) is 10.7. The highest BCUT2D eigenvalue weighted by atomic mass is 79.9. The quantitative estimate of drug-likeness (QED) is 0.595. The normalized spacial score (nSPS) is 12.6. The van der Waals surface area contributed by atoms with E-state index in [1.54, 1.807) is 13.0 Å². The molecule has 0 saturated carbocycles. The van der Waals surface area contributed by atoms with Gasteiger partial charge in [-0.1, -0.05) is 49.5 Å². The average Bonchev–Trinajstić information content (AvgIpc) is 2.17. The Balaban J connectivity index is 3.12. The van der Waals surface area contributed by atoms with Crippen LogP contribution in [0, 0.1) is 0 Å². The van der Waals surface area contributed by atoms with Crippen molar-refractivity contribution in [1.29, 1.82) is 0 Å². The van der Waals surface area contributed by atoms with Gasteiger partial charge >= 0.3 is 0 Å². The molecule has 0 fully saturated rings. The predicted molar refractivity (Wildman–Crippen MR) is 66.8 cm³/mol. The first-order valence-corrected chi connectivity index (χ1v) is 6.50. The highest BCUT2D eigenvalue weighted by Crippen LogP contribution is 2.22. The van der Waals surface area contributed by atoms with Crippen molar-refractivity contribution in [3.05, 3.63) is 34.3 Å². The molecule has 0 saturated heterocycles. The lowest BCUT2D eigenvalue weighted by Crippen LogP contribution is -2.10. The van der Waals surface area contributed by atoms with E-state index in [2.05, 4.69) is 31.9 Å². The van der Waals surface area contributed by atoms with Crippen LogP contribution in [0.25, 0.3) is 0 Å². The maximum Gasteiger partial charge on any atom is 0.177 e. The van der Waals surface area contributed by atoms with Crippen molar-refractivity contribution in [3.63, 3.8) is 0 Å². The minimum atomic E-state index is -0.203. The van der Waals surface area contributed by atoms with Gasteiger partial charge in [-0.3, -0.25) is 4.79 Å². The van der Waals surface area contributed by atoms with Gasteiger partial charge in [0.15, 0.2) is 5.78 Å². The van der Waals surface area contributed by atoms with Gasteiger partial charge < -0.3 is 0 Å². The molecular formula is C10H9Br2ClO. The van der Waals surface area contributed by atoms with Gasteiger partial charge in [0.1, 0.15) is 0 Å². The van der Waals surface area contributed by atoms with Gasteiger partial charge in [-0.2, -0.15) is 0 Å². The van der Waals surface area contributed by atoms with Crippen LogP contribution in [0.3, 0.4) is 0 Å². The van der Waals surface area contributed by atoms with Crippen molar-refractivity contribution in [2.45, 2.75) is 17.1 Å². The van der Waals surface area contributed by atoms with Crippen LogP contribution in [0.1, 0.15) is 22.8 Å². The van der Waals surface area contributed by atoms with E-state index >= 15 is 0 Å². The second-order valence-electron chi connectivity index (χ2n) is 2.93. The Morgan fingerprint density at radius 2 is 2.21 bits per heavy atom. The van der Waals surface area contributed by atoms with Gasteiger partial charge in [0.25, 0.3) is 0 Å². The monoisotopic (exact) mass is 338 g/mol. The van der Waals surface area contributed by atoms with Crippen molar-refractivity contribution in [3.8, 4) is 0 Å². The lowest BCUT2D eigenvalue weighted by Gasteiger charge is -2.06. The molecule has 0 amide bonds. The number of carbonyl (C=O) groups is 1. The summed E-state index contributed by atoms with van der Waals surface area (Å²) in [6.45, 7) is 1.79. The molecule has 4 heteroatoms. The number of Topliss-reactive ketones (excluding diaryl/α,β-unsaturated/α-hetero) is 1. The second kappa shape index (κ2) is 5.29. The van der Waals surface area contributed by atoms with Crippen LogP contribution in [0.15, 0.2) is 18.2 Å². The molecule has 0 bridgehead atoms. The van der Waals surface area contributed by atoms with E-state index in [-0.39, 0.29) is 10.6 Å². The van der Waals surface area contributed by atoms with Gasteiger partial charge in [-0.05, 0) is 24.6 Å². The van der Waals surface area contributed by atoms with Gasteiger partial charge in [0, 0.05) is 10.9 Å². The van der Waals surface area contributed by atoms with Crippen molar-refractivity contribution in [1.82, 2.24) is 0 Å². The smallest absolute Gasteiger partial charge is 0.177 e. The standard InChI is InChI=1S/C10H9Br2ClO/c1-6(12)10(14)8-4-7(5-11)2-3-9(8)13/h2-4,6H,5H2,1H3. The van der Waals surface area contributed by atoms with Crippen molar-refractivity contribution < 1.29 is 4.79 Å². The van der Waals surface area contributed by atoms with Crippen LogP contribution in [0.5, 0.6) is 0 Å². The van der Waals surface area contributed by atoms with E-state index in [1.807, 2.05) is 12.1 Å². The molecule has 0 aromatic heterocycles. The fourth-order valence-corrected chi connectivity index (χ4v) is 1.86. The second-order valence-corrected chi connectivity index (χ2v) is 5.27. The maximum absolute atomic E-state index is 11.7. The first kappa shape index (κ1) is 12.2. The predicted octanol–water partition coefficient (Wildman–Crippen LogP) is 4.20. The highest BCUT2D eigenvalue weighted by molar-refractivity contribution is 9.10. The zero-order valence-corrected chi connectivity index (χ0v) is 11.5. The SMILES string of the molecule is CC(Br)C(=O)c1cc(CBr)ccc1Cl. The fraction of sp³-hybridized carbons (Fsp3) is 0.300. The summed E-state index contributed by atoms with van der Waals surface area (Å²) >= 11 is 12.5. The molecule has 0 N–H and O–H groups in total. The third-order valence-corrected chi connectivity index (χ3v) is 3.20. The van der Waals surface area contributed by atoms with Crippen LogP contribution in [-0.2, 0) is 5.33 Å².